The SMILES string of the molecule is NCC(Cc1ccc(F)cc1Br)c1cccc(F)c1. The summed E-state index contributed by atoms with van der Waals surface area (Å²) in [6.07, 6.45) is 0.640. The van der Waals surface area contributed by atoms with E-state index in [1.807, 2.05) is 6.07 Å². The van der Waals surface area contributed by atoms with E-state index < -0.39 is 0 Å². The maximum atomic E-state index is 13.2. The summed E-state index contributed by atoms with van der Waals surface area (Å²) in [7, 11) is 0. The average molecular weight is 326 g/mol. The fourth-order valence-electron chi connectivity index (χ4n) is 2.05. The average Bonchev–Trinajstić information content (AvgIpc) is 2.38. The van der Waals surface area contributed by atoms with Crippen LogP contribution >= 0.6 is 15.9 Å². The standard InChI is InChI=1S/C15H14BrF2N/c16-15-8-14(18)5-4-11(15)6-12(9-19)10-2-1-3-13(17)7-10/h1-5,7-8,12H,6,9,19H2. The van der Waals surface area contributed by atoms with Gasteiger partial charge in [0, 0.05) is 10.4 Å². The van der Waals surface area contributed by atoms with Crippen molar-refractivity contribution in [3.05, 3.63) is 69.7 Å². The molecule has 0 aliphatic carbocycles. The molecule has 1 unspecified atom stereocenters. The lowest BCUT2D eigenvalue weighted by Gasteiger charge is -2.16. The number of hydrogen-bond acceptors (Lipinski definition) is 1. The molecular weight excluding hydrogens is 312 g/mol. The highest BCUT2D eigenvalue weighted by molar-refractivity contribution is 9.10. The maximum absolute atomic E-state index is 13.2. The molecule has 0 saturated heterocycles. The van der Waals surface area contributed by atoms with Crippen LogP contribution in [-0.2, 0) is 6.42 Å². The zero-order valence-corrected chi connectivity index (χ0v) is 11.8. The van der Waals surface area contributed by atoms with Gasteiger partial charge < -0.3 is 5.73 Å². The maximum Gasteiger partial charge on any atom is 0.124 e. The molecule has 19 heavy (non-hydrogen) atoms. The van der Waals surface area contributed by atoms with Gasteiger partial charge in [0.2, 0.25) is 0 Å². The molecule has 100 valence electrons. The number of rotatable bonds is 4. The van der Waals surface area contributed by atoms with Crippen LogP contribution in [0.4, 0.5) is 8.78 Å². The Balaban J connectivity index is 2.24. The summed E-state index contributed by atoms with van der Waals surface area (Å²) in [4.78, 5) is 0. The molecule has 1 atom stereocenters. The molecule has 2 rings (SSSR count). The third-order valence-corrected chi connectivity index (χ3v) is 3.82. The van der Waals surface area contributed by atoms with Crippen LogP contribution in [0, 0.1) is 11.6 Å². The first-order chi connectivity index (χ1) is 9.10. The van der Waals surface area contributed by atoms with Crippen molar-refractivity contribution < 1.29 is 8.78 Å². The summed E-state index contributed by atoms with van der Waals surface area (Å²) in [6.45, 7) is 0.410. The Bertz CT molecular complexity index is 572. The van der Waals surface area contributed by atoms with Gasteiger partial charge in [-0.15, -0.1) is 0 Å². The molecule has 1 nitrogen and oxygen atoms in total. The molecule has 0 bridgehead atoms. The molecular formula is C15H14BrF2N. The van der Waals surface area contributed by atoms with E-state index in [1.165, 1.54) is 24.3 Å². The van der Waals surface area contributed by atoms with E-state index in [9.17, 15) is 8.78 Å². The van der Waals surface area contributed by atoms with Crippen molar-refractivity contribution in [1.82, 2.24) is 0 Å². The summed E-state index contributed by atoms with van der Waals surface area (Å²) < 4.78 is 27.0. The zero-order valence-electron chi connectivity index (χ0n) is 10.2. The molecule has 2 aromatic carbocycles. The van der Waals surface area contributed by atoms with Crippen molar-refractivity contribution >= 4 is 15.9 Å². The van der Waals surface area contributed by atoms with Crippen LogP contribution < -0.4 is 5.73 Å². The molecule has 0 spiro atoms. The molecule has 0 radical (unpaired) electrons. The molecule has 2 N–H and O–H groups in total. The number of benzene rings is 2. The van der Waals surface area contributed by atoms with Crippen LogP contribution in [0.1, 0.15) is 17.0 Å². The number of hydrogen-bond donors (Lipinski definition) is 1. The van der Waals surface area contributed by atoms with Gasteiger partial charge in [0.1, 0.15) is 11.6 Å². The Hall–Kier alpha value is -1.26. The van der Waals surface area contributed by atoms with Crippen LogP contribution in [0.5, 0.6) is 0 Å². The normalized spacial score (nSPS) is 12.4. The lowest BCUT2D eigenvalue weighted by atomic mass is 9.92. The number of halogens is 3. The summed E-state index contributed by atoms with van der Waals surface area (Å²) in [5, 5.41) is 0. The van der Waals surface area contributed by atoms with Crippen molar-refractivity contribution in [2.45, 2.75) is 12.3 Å². The minimum absolute atomic E-state index is 0.0115. The predicted octanol–water partition coefficient (Wildman–Crippen LogP) is 4.01. The van der Waals surface area contributed by atoms with E-state index in [-0.39, 0.29) is 17.6 Å². The van der Waals surface area contributed by atoms with E-state index in [4.69, 9.17) is 5.73 Å². The largest absolute Gasteiger partial charge is 0.330 e. The van der Waals surface area contributed by atoms with Crippen molar-refractivity contribution in [3.8, 4) is 0 Å². The Morgan fingerprint density at radius 2 is 1.79 bits per heavy atom. The van der Waals surface area contributed by atoms with E-state index >= 15 is 0 Å². The van der Waals surface area contributed by atoms with Crippen LogP contribution in [0.25, 0.3) is 0 Å². The molecule has 0 fully saturated rings. The summed E-state index contributed by atoms with van der Waals surface area (Å²) in [6, 6.07) is 11.0. The fourth-order valence-corrected chi connectivity index (χ4v) is 2.56. The fraction of sp³-hybridized carbons (Fsp3) is 0.200. The van der Waals surface area contributed by atoms with Gasteiger partial charge in [-0.25, -0.2) is 8.78 Å². The Kier molecular flexibility index (Phi) is 4.66. The summed E-state index contributed by atoms with van der Waals surface area (Å²) in [5.74, 6) is -0.544. The molecule has 2 aromatic rings. The first kappa shape index (κ1) is 14.2. The lowest BCUT2D eigenvalue weighted by Crippen LogP contribution is -2.15. The molecule has 0 aromatic heterocycles. The van der Waals surface area contributed by atoms with Crippen LogP contribution in [0.15, 0.2) is 46.9 Å². The van der Waals surface area contributed by atoms with Gasteiger partial charge >= 0.3 is 0 Å². The topological polar surface area (TPSA) is 26.0 Å². The molecule has 0 aliphatic heterocycles. The van der Waals surface area contributed by atoms with Gasteiger partial charge in [0.05, 0.1) is 0 Å². The van der Waals surface area contributed by atoms with E-state index in [2.05, 4.69) is 15.9 Å². The minimum atomic E-state index is -0.286. The highest BCUT2D eigenvalue weighted by atomic mass is 79.9. The molecule has 0 saturated carbocycles. The van der Waals surface area contributed by atoms with Crippen LogP contribution in [0.3, 0.4) is 0 Å². The Morgan fingerprint density at radius 3 is 2.42 bits per heavy atom. The van der Waals surface area contributed by atoms with E-state index in [0.717, 1.165) is 11.1 Å². The smallest absolute Gasteiger partial charge is 0.124 e. The van der Waals surface area contributed by atoms with Crippen molar-refractivity contribution in [3.63, 3.8) is 0 Å². The van der Waals surface area contributed by atoms with Gasteiger partial charge in [0.25, 0.3) is 0 Å². The second-order valence-corrected chi connectivity index (χ2v) is 5.28. The van der Waals surface area contributed by atoms with Gasteiger partial charge in [-0.2, -0.15) is 0 Å². The molecule has 0 amide bonds. The van der Waals surface area contributed by atoms with Gasteiger partial charge in [-0.3, -0.25) is 0 Å². The highest BCUT2D eigenvalue weighted by Gasteiger charge is 2.13. The van der Waals surface area contributed by atoms with Crippen LogP contribution in [-0.4, -0.2) is 6.54 Å². The number of nitrogens with two attached hydrogens (primary N) is 1. The third-order valence-electron chi connectivity index (χ3n) is 3.09. The quantitative estimate of drug-likeness (QED) is 0.903. The van der Waals surface area contributed by atoms with Crippen LogP contribution in [0.2, 0.25) is 0 Å². The first-order valence-electron chi connectivity index (χ1n) is 5.99. The second kappa shape index (κ2) is 6.26. The van der Waals surface area contributed by atoms with Gasteiger partial charge in [-0.05, 0) is 48.4 Å². The monoisotopic (exact) mass is 325 g/mol. The minimum Gasteiger partial charge on any atom is -0.330 e. The van der Waals surface area contributed by atoms with Crippen molar-refractivity contribution in [2.24, 2.45) is 5.73 Å². The van der Waals surface area contributed by atoms with Crippen molar-refractivity contribution in [2.75, 3.05) is 6.54 Å². The molecule has 4 heteroatoms. The molecule has 0 heterocycles. The Labute approximate surface area is 119 Å². The predicted molar refractivity (Wildman–Crippen MR) is 76.0 cm³/mol. The van der Waals surface area contributed by atoms with E-state index in [0.29, 0.717) is 17.4 Å². The third kappa shape index (κ3) is 3.61. The van der Waals surface area contributed by atoms with Gasteiger partial charge in [0.15, 0.2) is 0 Å². The van der Waals surface area contributed by atoms with Gasteiger partial charge in [-0.1, -0.05) is 34.1 Å². The summed E-state index contributed by atoms with van der Waals surface area (Å²) >= 11 is 3.34. The lowest BCUT2D eigenvalue weighted by molar-refractivity contribution is 0.614. The first-order valence-corrected chi connectivity index (χ1v) is 6.79. The summed E-state index contributed by atoms with van der Waals surface area (Å²) in [5.41, 5.74) is 7.59. The van der Waals surface area contributed by atoms with E-state index in [1.54, 1.807) is 12.1 Å². The highest BCUT2D eigenvalue weighted by Crippen LogP contribution is 2.26. The van der Waals surface area contributed by atoms with Crippen molar-refractivity contribution in [1.29, 1.82) is 0 Å². The second-order valence-electron chi connectivity index (χ2n) is 4.43. The zero-order chi connectivity index (χ0) is 13.8. The molecule has 0 aliphatic rings. The Morgan fingerprint density at radius 1 is 1.05 bits per heavy atom.